The lowest BCUT2D eigenvalue weighted by molar-refractivity contribution is -0.140. The molecule has 0 bridgehead atoms. The first kappa shape index (κ1) is 14.5. The fraction of sp³-hybridized carbons (Fsp3) is 0.375. The molecule has 1 aromatic carbocycles. The summed E-state index contributed by atoms with van der Waals surface area (Å²) in [5.74, 6) is -0.465. The fourth-order valence-corrected chi connectivity index (χ4v) is 2.18. The third-order valence-corrected chi connectivity index (χ3v) is 3.19. The average Bonchev–Trinajstić information content (AvgIpc) is 2.42. The first-order chi connectivity index (χ1) is 9.56. The van der Waals surface area contributed by atoms with Crippen LogP contribution in [-0.2, 0) is 11.3 Å². The molecule has 0 fully saturated rings. The second-order valence-electron chi connectivity index (χ2n) is 5.40. The molecule has 4 nitrogen and oxygen atoms in total. The van der Waals surface area contributed by atoms with Crippen molar-refractivity contribution in [1.29, 1.82) is 0 Å². The Balaban J connectivity index is 2.05. The van der Waals surface area contributed by atoms with Gasteiger partial charge >= 0.3 is 5.97 Å². The van der Waals surface area contributed by atoms with E-state index in [1.54, 1.807) is 0 Å². The van der Waals surface area contributed by atoms with Crippen LogP contribution in [0, 0.1) is 5.92 Å². The van der Waals surface area contributed by atoms with Crippen LogP contribution in [0.25, 0.3) is 10.9 Å². The van der Waals surface area contributed by atoms with Crippen molar-refractivity contribution in [3.8, 4) is 0 Å². The molecule has 106 valence electrons. The van der Waals surface area contributed by atoms with Gasteiger partial charge < -0.3 is 5.11 Å². The molecule has 4 heteroatoms. The Hall–Kier alpha value is -1.94. The van der Waals surface area contributed by atoms with Crippen molar-refractivity contribution >= 4 is 16.9 Å². The predicted octanol–water partition coefficient (Wildman–Crippen LogP) is 2.82. The van der Waals surface area contributed by atoms with Gasteiger partial charge in [0.15, 0.2) is 0 Å². The van der Waals surface area contributed by atoms with Gasteiger partial charge in [0.05, 0.1) is 11.2 Å². The van der Waals surface area contributed by atoms with Gasteiger partial charge in [0.2, 0.25) is 0 Å². The van der Waals surface area contributed by atoms with E-state index in [-0.39, 0.29) is 0 Å². The first-order valence-corrected chi connectivity index (χ1v) is 6.87. The molecule has 0 radical (unpaired) electrons. The van der Waals surface area contributed by atoms with Crippen LogP contribution in [0.1, 0.15) is 26.0 Å². The first-order valence-electron chi connectivity index (χ1n) is 6.87. The minimum Gasteiger partial charge on any atom is -0.480 e. The van der Waals surface area contributed by atoms with Crippen molar-refractivity contribution in [3.05, 3.63) is 42.1 Å². The molecular weight excluding hydrogens is 252 g/mol. The fourth-order valence-electron chi connectivity index (χ4n) is 2.18. The molecule has 1 atom stereocenters. The number of nitrogens with one attached hydrogen (secondary N) is 1. The maximum atomic E-state index is 11.2. The van der Waals surface area contributed by atoms with Gasteiger partial charge in [-0.15, -0.1) is 0 Å². The maximum Gasteiger partial charge on any atom is 0.320 e. The minimum absolute atomic E-state index is 0.341. The molecule has 0 aliphatic carbocycles. The van der Waals surface area contributed by atoms with E-state index < -0.39 is 12.0 Å². The van der Waals surface area contributed by atoms with Gasteiger partial charge in [0.25, 0.3) is 0 Å². The predicted molar refractivity (Wildman–Crippen MR) is 79.5 cm³/mol. The molecule has 2 rings (SSSR count). The van der Waals surface area contributed by atoms with Crippen LogP contribution in [0.5, 0.6) is 0 Å². The molecule has 0 aliphatic rings. The molecule has 0 aliphatic heterocycles. The van der Waals surface area contributed by atoms with Crippen LogP contribution in [-0.4, -0.2) is 22.1 Å². The molecule has 0 saturated heterocycles. The number of para-hydroxylation sites is 1. The van der Waals surface area contributed by atoms with E-state index in [1.165, 1.54) is 0 Å². The number of carboxylic acids is 1. The van der Waals surface area contributed by atoms with Crippen LogP contribution < -0.4 is 5.32 Å². The second kappa shape index (κ2) is 6.48. The molecule has 20 heavy (non-hydrogen) atoms. The third kappa shape index (κ3) is 3.78. The zero-order chi connectivity index (χ0) is 14.5. The number of fused-ring (bicyclic) bond motifs is 1. The highest BCUT2D eigenvalue weighted by molar-refractivity contribution is 5.78. The Morgan fingerprint density at radius 1 is 1.25 bits per heavy atom. The summed E-state index contributed by atoms with van der Waals surface area (Å²) in [6.45, 7) is 4.51. The average molecular weight is 272 g/mol. The highest BCUT2D eigenvalue weighted by atomic mass is 16.4. The van der Waals surface area contributed by atoms with E-state index in [0.717, 1.165) is 16.6 Å². The number of aromatic nitrogens is 1. The van der Waals surface area contributed by atoms with Crippen molar-refractivity contribution in [2.75, 3.05) is 0 Å². The summed E-state index contributed by atoms with van der Waals surface area (Å²) in [6.07, 6.45) is 0.614. The van der Waals surface area contributed by atoms with Crippen molar-refractivity contribution in [2.24, 2.45) is 5.92 Å². The standard InChI is InChI=1S/C16H20N2O2/c1-11(2)9-15(16(19)20)17-10-13-8-7-12-5-3-4-6-14(12)18-13/h3-8,11,15,17H,9-10H2,1-2H3,(H,19,20). The van der Waals surface area contributed by atoms with Gasteiger partial charge in [-0.25, -0.2) is 0 Å². The number of nitrogens with zero attached hydrogens (tertiary/aromatic N) is 1. The molecular formula is C16H20N2O2. The molecule has 1 aromatic heterocycles. The number of carbonyl (C=O) groups is 1. The lowest BCUT2D eigenvalue weighted by atomic mass is 10.0. The zero-order valence-corrected chi connectivity index (χ0v) is 11.8. The summed E-state index contributed by atoms with van der Waals surface area (Å²) < 4.78 is 0. The molecule has 1 heterocycles. The number of benzene rings is 1. The number of hydrogen-bond donors (Lipinski definition) is 2. The quantitative estimate of drug-likeness (QED) is 0.849. The monoisotopic (exact) mass is 272 g/mol. The van der Waals surface area contributed by atoms with Crippen LogP contribution in [0.2, 0.25) is 0 Å². The van der Waals surface area contributed by atoms with E-state index in [4.69, 9.17) is 0 Å². The number of hydrogen-bond acceptors (Lipinski definition) is 3. The largest absolute Gasteiger partial charge is 0.480 e. The Bertz CT molecular complexity index is 596. The SMILES string of the molecule is CC(C)CC(NCc1ccc2ccccc2n1)C(=O)O. The number of carboxylic acid groups (broad SMARTS) is 1. The summed E-state index contributed by atoms with van der Waals surface area (Å²) in [4.78, 5) is 15.7. The van der Waals surface area contributed by atoms with Crippen LogP contribution in [0.3, 0.4) is 0 Å². The molecule has 0 spiro atoms. The number of pyridine rings is 1. The lowest BCUT2D eigenvalue weighted by Gasteiger charge is -2.16. The smallest absolute Gasteiger partial charge is 0.320 e. The van der Waals surface area contributed by atoms with E-state index in [9.17, 15) is 9.90 Å². The normalized spacial score (nSPS) is 12.8. The Morgan fingerprint density at radius 3 is 2.70 bits per heavy atom. The van der Waals surface area contributed by atoms with E-state index >= 15 is 0 Å². The van der Waals surface area contributed by atoms with Crippen LogP contribution in [0.4, 0.5) is 0 Å². The zero-order valence-electron chi connectivity index (χ0n) is 11.8. The van der Waals surface area contributed by atoms with E-state index in [1.807, 2.05) is 50.2 Å². The van der Waals surface area contributed by atoms with Gasteiger partial charge in [-0.1, -0.05) is 38.1 Å². The van der Waals surface area contributed by atoms with Crippen molar-refractivity contribution in [1.82, 2.24) is 10.3 Å². The molecule has 0 amide bonds. The van der Waals surface area contributed by atoms with E-state index in [0.29, 0.717) is 18.9 Å². The lowest BCUT2D eigenvalue weighted by Crippen LogP contribution is -2.37. The van der Waals surface area contributed by atoms with Crippen molar-refractivity contribution in [3.63, 3.8) is 0 Å². The highest BCUT2D eigenvalue weighted by Gasteiger charge is 2.18. The van der Waals surface area contributed by atoms with Crippen LogP contribution in [0.15, 0.2) is 36.4 Å². The van der Waals surface area contributed by atoms with Gasteiger partial charge in [-0.2, -0.15) is 0 Å². The Kier molecular flexibility index (Phi) is 4.69. The van der Waals surface area contributed by atoms with E-state index in [2.05, 4.69) is 10.3 Å². The molecule has 2 aromatic rings. The van der Waals surface area contributed by atoms with Gasteiger partial charge in [-0.05, 0) is 24.5 Å². The summed E-state index contributed by atoms with van der Waals surface area (Å²) in [6, 6.07) is 11.3. The maximum absolute atomic E-state index is 11.2. The summed E-state index contributed by atoms with van der Waals surface area (Å²) in [5.41, 5.74) is 1.79. The van der Waals surface area contributed by atoms with Gasteiger partial charge in [0, 0.05) is 11.9 Å². The molecule has 1 unspecified atom stereocenters. The van der Waals surface area contributed by atoms with Crippen LogP contribution >= 0.6 is 0 Å². The van der Waals surface area contributed by atoms with Gasteiger partial charge in [-0.3, -0.25) is 15.1 Å². The number of rotatable bonds is 6. The van der Waals surface area contributed by atoms with Crippen molar-refractivity contribution < 1.29 is 9.90 Å². The molecule has 0 saturated carbocycles. The summed E-state index contributed by atoms with van der Waals surface area (Å²) in [7, 11) is 0. The summed E-state index contributed by atoms with van der Waals surface area (Å²) in [5, 5.41) is 13.3. The second-order valence-corrected chi connectivity index (χ2v) is 5.40. The van der Waals surface area contributed by atoms with Gasteiger partial charge in [0.1, 0.15) is 6.04 Å². The third-order valence-electron chi connectivity index (χ3n) is 3.19. The molecule has 2 N–H and O–H groups in total. The highest BCUT2D eigenvalue weighted by Crippen LogP contribution is 2.12. The minimum atomic E-state index is -0.806. The van der Waals surface area contributed by atoms with Crippen molar-refractivity contribution in [2.45, 2.75) is 32.9 Å². The topological polar surface area (TPSA) is 62.2 Å². The number of aliphatic carboxylic acids is 1. The Morgan fingerprint density at radius 2 is 2.00 bits per heavy atom. The Labute approximate surface area is 118 Å². The summed E-state index contributed by atoms with van der Waals surface area (Å²) >= 11 is 0.